The van der Waals surface area contributed by atoms with Gasteiger partial charge in [0.25, 0.3) is 0 Å². The van der Waals surface area contributed by atoms with Crippen LogP contribution in [0.15, 0.2) is 176 Å². The zero-order valence-electron chi connectivity index (χ0n) is 26.1. The molecule has 8 aromatic rings. The highest BCUT2D eigenvalue weighted by Gasteiger charge is 2.43. The van der Waals surface area contributed by atoms with Crippen LogP contribution in [0.1, 0.15) is 5.56 Å². The third-order valence-corrected chi connectivity index (χ3v) is 14.2. The van der Waals surface area contributed by atoms with E-state index in [0.717, 1.165) is 38.2 Å². The fourth-order valence-corrected chi connectivity index (χ4v) is 12.4. The van der Waals surface area contributed by atoms with E-state index in [1.807, 2.05) is 42.5 Å². The fourth-order valence-electron chi connectivity index (χ4n) is 7.46. The van der Waals surface area contributed by atoms with Crippen molar-refractivity contribution in [2.75, 3.05) is 0 Å². The summed E-state index contributed by atoms with van der Waals surface area (Å²) < 4.78 is 2.17. The van der Waals surface area contributed by atoms with E-state index in [0.29, 0.717) is 16.8 Å². The second-order valence-electron chi connectivity index (χ2n) is 11.9. The van der Waals surface area contributed by atoms with Crippen molar-refractivity contribution in [3.05, 3.63) is 193 Å². The van der Waals surface area contributed by atoms with Gasteiger partial charge in [-0.3, -0.25) is 0 Å². The fraction of sp³-hybridized carbons (Fsp3) is 0. The maximum Gasteiger partial charge on any atom is 0.198 e. The molecule has 4 heteroatoms. The Hall–Kier alpha value is -6.46. The SMILES string of the molecule is [C-]#[N+]c1cc(-n2c3ccccc3c3ccccc32)cc(C#N)c1-c1ccccc1[Si](c1ccccc1)(c1ccccc1)c1ccccc1. The van der Waals surface area contributed by atoms with Crippen molar-refractivity contribution < 1.29 is 0 Å². The van der Waals surface area contributed by atoms with Gasteiger partial charge in [-0.15, -0.1) is 0 Å². The van der Waals surface area contributed by atoms with Gasteiger partial charge in [0.15, 0.2) is 13.8 Å². The monoisotopic (exact) mass is 627 g/mol. The van der Waals surface area contributed by atoms with Gasteiger partial charge in [0.05, 0.1) is 29.2 Å². The molecule has 0 unspecified atom stereocenters. The van der Waals surface area contributed by atoms with Crippen molar-refractivity contribution in [1.82, 2.24) is 4.57 Å². The van der Waals surface area contributed by atoms with Gasteiger partial charge in [-0.1, -0.05) is 152 Å². The molecule has 0 aliphatic rings. The van der Waals surface area contributed by atoms with E-state index >= 15 is 0 Å². The highest BCUT2D eigenvalue weighted by atomic mass is 28.3. The summed E-state index contributed by atoms with van der Waals surface area (Å²) in [5.74, 6) is 0. The van der Waals surface area contributed by atoms with Crippen molar-refractivity contribution >= 4 is 56.3 Å². The Labute approximate surface area is 281 Å². The average Bonchev–Trinajstić information content (AvgIpc) is 3.50. The minimum Gasteiger partial charge on any atom is -0.310 e. The Bertz CT molecular complexity index is 2340. The molecule has 8 rings (SSSR count). The molecule has 0 aliphatic heterocycles. The first kappa shape index (κ1) is 29.0. The first-order chi connectivity index (χ1) is 23.8. The lowest BCUT2D eigenvalue weighted by Crippen LogP contribution is -2.75. The Balaban J connectivity index is 1.46. The van der Waals surface area contributed by atoms with Crippen LogP contribution < -0.4 is 20.7 Å². The number of rotatable bonds is 6. The van der Waals surface area contributed by atoms with Crippen molar-refractivity contribution in [1.29, 1.82) is 5.26 Å². The van der Waals surface area contributed by atoms with Crippen molar-refractivity contribution in [3.8, 4) is 22.9 Å². The Morgan fingerprint density at radius 2 is 1.00 bits per heavy atom. The summed E-state index contributed by atoms with van der Waals surface area (Å²) in [4.78, 5) is 4.13. The van der Waals surface area contributed by atoms with E-state index in [2.05, 4.69) is 149 Å². The van der Waals surface area contributed by atoms with Gasteiger partial charge >= 0.3 is 0 Å². The lowest BCUT2D eigenvalue weighted by atomic mass is 9.97. The van der Waals surface area contributed by atoms with Crippen LogP contribution in [0.2, 0.25) is 0 Å². The molecule has 7 aromatic carbocycles. The van der Waals surface area contributed by atoms with Crippen molar-refractivity contribution in [2.24, 2.45) is 0 Å². The molecule has 0 atom stereocenters. The van der Waals surface area contributed by atoms with E-state index in [1.165, 1.54) is 15.6 Å². The van der Waals surface area contributed by atoms with E-state index in [-0.39, 0.29) is 0 Å². The molecule has 48 heavy (non-hydrogen) atoms. The van der Waals surface area contributed by atoms with Crippen LogP contribution in [-0.2, 0) is 0 Å². The summed E-state index contributed by atoms with van der Waals surface area (Å²) in [5.41, 5.74) is 5.39. The minimum atomic E-state index is -2.96. The molecule has 224 valence electrons. The quantitative estimate of drug-likeness (QED) is 0.104. The number of hydrogen-bond acceptors (Lipinski definition) is 1. The predicted molar refractivity (Wildman–Crippen MR) is 201 cm³/mol. The summed E-state index contributed by atoms with van der Waals surface area (Å²) >= 11 is 0. The standard InChI is InChI=1S/C44H29N3Si/c1-46-40-30-33(47-41-26-14-11-23-37(41)38-24-12-15-27-42(38)47)29-32(31-45)44(40)39-25-13-16-28-43(39)48(34-17-5-2-6-18-34,35-19-7-3-8-20-35)36-21-9-4-10-22-36/h2-30H. The molecular weight excluding hydrogens is 599 g/mol. The zero-order chi connectivity index (χ0) is 32.5. The van der Waals surface area contributed by atoms with E-state index in [4.69, 9.17) is 6.57 Å². The van der Waals surface area contributed by atoms with Crippen LogP contribution in [0.3, 0.4) is 0 Å². The maximum absolute atomic E-state index is 10.8. The number of benzene rings is 7. The van der Waals surface area contributed by atoms with Gasteiger partial charge in [0, 0.05) is 22.0 Å². The van der Waals surface area contributed by atoms with Crippen molar-refractivity contribution in [2.45, 2.75) is 0 Å². The van der Waals surface area contributed by atoms with Crippen LogP contribution >= 0.6 is 0 Å². The van der Waals surface area contributed by atoms with E-state index < -0.39 is 8.07 Å². The molecule has 0 saturated carbocycles. The molecule has 3 nitrogen and oxygen atoms in total. The molecule has 0 radical (unpaired) electrons. The lowest BCUT2D eigenvalue weighted by molar-refractivity contribution is 1.18. The van der Waals surface area contributed by atoms with Gasteiger partial charge in [-0.25, -0.2) is 4.85 Å². The van der Waals surface area contributed by atoms with Crippen LogP contribution in [0.4, 0.5) is 5.69 Å². The van der Waals surface area contributed by atoms with Gasteiger partial charge in [-0.05, 0) is 50.6 Å². The summed E-state index contributed by atoms with van der Waals surface area (Å²) in [6, 6.07) is 63.7. The largest absolute Gasteiger partial charge is 0.310 e. The summed E-state index contributed by atoms with van der Waals surface area (Å²) in [5, 5.41) is 18.0. The molecule has 0 amide bonds. The predicted octanol–water partition coefficient (Wildman–Crippen LogP) is 8.25. The smallest absolute Gasteiger partial charge is 0.198 e. The van der Waals surface area contributed by atoms with Gasteiger partial charge < -0.3 is 4.57 Å². The maximum atomic E-state index is 10.8. The summed E-state index contributed by atoms with van der Waals surface area (Å²) in [6.07, 6.45) is 0. The van der Waals surface area contributed by atoms with Crippen LogP contribution in [0, 0.1) is 17.9 Å². The molecule has 1 heterocycles. The molecular formula is C44H29N3Si. The van der Waals surface area contributed by atoms with Gasteiger partial charge in [-0.2, -0.15) is 5.26 Å². The molecule has 0 N–H and O–H groups in total. The topological polar surface area (TPSA) is 33.1 Å². The Morgan fingerprint density at radius 1 is 0.542 bits per heavy atom. The molecule has 1 aromatic heterocycles. The molecule has 0 bridgehead atoms. The normalized spacial score (nSPS) is 11.3. The van der Waals surface area contributed by atoms with Gasteiger partial charge in [0.1, 0.15) is 0 Å². The molecule has 0 saturated heterocycles. The second-order valence-corrected chi connectivity index (χ2v) is 15.6. The molecule has 0 aliphatic carbocycles. The third kappa shape index (κ3) is 4.48. The minimum absolute atomic E-state index is 0.454. The summed E-state index contributed by atoms with van der Waals surface area (Å²) in [7, 11) is -2.96. The second kappa shape index (κ2) is 12.0. The molecule has 0 fully saturated rings. The Kier molecular flexibility index (Phi) is 7.27. The first-order valence-corrected chi connectivity index (χ1v) is 18.0. The molecule has 0 spiro atoms. The number of aromatic nitrogens is 1. The third-order valence-electron chi connectivity index (χ3n) is 9.40. The van der Waals surface area contributed by atoms with Gasteiger partial charge in [0.2, 0.25) is 0 Å². The van der Waals surface area contributed by atoms with Crippen LogP contribution in [0.25, 0.3) is 43.5 Å². The number of para-hydroxylation sites is 2. The average molecular weight is 628 g/mol. The number of nitrogens with zero attached hydrogens (tertiary/aromatic N) is 3. The Morgan fingerprint density at radius 3 is 1.50 bits per heavy atom. The number of nitriles is 1. The highest BCUT2D eigenvalue weighted by molar-refractivity contribution is 7.20. The zero-order valence-corrected chi connectivity index (χ0v) is 27.1. The van der Waals surface area contributed by atoms with E-state index in [9.17, 15) is 5.26 Å². The lowest BCUT2D eigenvalue weighted by Gasteiger charge is -2.36. The van der Waals surface area contributed by atoms with E-state index in [1.54, 1.807) is 0 Å². The summed E-state index contributed by atoms with van der Waals surface area (Å²) in [6.45, 7) is 8.49. The number of fused-ring (bicyclic) bond motifs is 3. The first-order valence-electron chi connectivity index (χ1n) is 16.0. The van der Waals surface area contributed by atoms with Crippen molar-refractivity contribution in [3.63, 3.8) is 0 Å². The van der Waals surface area contributed by atoms with Crippen LogP contribution in [0.5, 0.6) is 0 Å². The number of hydrogen-bond donors (Lipinski definition) is 0. The van der Waals surface area contributed by atoms with Crippen LogP contribution in [-0.4, -0.2) is 12.6 Å². The highest BCUT2D eigenvalue weighted by Crippen LogP contribution is 2.39.